The van der Waals surface area contributed by atoms with E-state index in [1.807, 2.05) is 30.0 Å². The molecule has 3 N–H and O–H groups in total. The molecule has 1 unspecified atom stereocenters. The number of nitrogens with zero attached hydrogens (tertiary/aromatic N) is 1. The van der Waals surface area contributed by atoms with Crippen LogP contribution < -0.4 is 5.73 Å². The summed E-state index contributed by atoms with van der Waals surface area (Å²) < 4.78 is 0. The number of anilines is 1. The van der Waals surface area contributed by atoms with Crippen molar-refractivity contribution in [2.24, 2.45) is 0 Å². The average molecular weight is 219 g/mol. The van der Waals surface area contributed by atoms with E-state index in [0.29, 0.717) is 5.25 Å². The third-order valence-electron chi connectivity index (χ3n) is 2.80. The molecule has 1 aromatic carbocycles. The monoisotopic (exact) mass is 219 g/mol. The average Bonchev–Trinajstić information content (AvgIpc) is 2.86. The summed E-state index contributed by atoms with van der Waals surface area (Å²) in [5.74, 6) is 2.34. The van der Waals surface area contributed by atoms with Gasteiger partial charge in [-0.15, -0.1) is 0 Å². The summed E-state index contributed by atoms with van der Waals surface area (Å²) >= 11 is 1.98. The van der Waals surface area contributed by atoms with Gasteiger partial charge in [-0.2, -0.15) is 11.8 Å². The maximum atomic E-state index is 5.88. The van der Waals surface area contributed by atoms with Gasteiger partial charge in [-0.05, 0) is 30.7 Å². The zero-order chi connectivity index (χ0) is 10.3. The van der Waals surface area contributed by atoms with Crippen molar-refractivity contribution in [2.75, 3.05) is 11.5 Å². The topological polar surface area (TPSA) is 54.7 Å². The van der Waals surface area contributed by atoms with Crippen LogP contribution in [-0.2, 0) is 0 Å². The molecule has 3 nitrogen and oxygen atoms in total. The molecule has 2 aromatic rings. The SMILES string of the molecule is Nc1cccc2[nH]c(C3CCCS3)nc12. The van der Waals surface area contributed by atoms with Gasteiger partial charge in [0, 0.05) is 0 Å². The van der Waals surface area contributed by atoms with Crippen molar-refractivity contribution in [2.45, 2.75) is 18.1 Å². The number of thioether (sulfide) groups is 1. The molecule has 2 heterocycles. The maximum absolute atomic E-state index is 5.88. The molecule has 0 aliphatic carbocycles. The van der Waals surface area contributed by atoms with Crippen molar-refractivity contribution < 1.29 is 0 Å². The Balaban J connectivity index is 2.09. The molecule has 78 valence electrons. The van der Waals surface area contributed by atoms with Gasteiger partial charge in [-0.3, -0.25) is 0 Å². The minimum Gasteiger partial charge on any atom is -0.397 e. The molecule has 0 radical (unpaired) electrons. The number of fused-ring (bicyclic) bond motifs is 1. The van der Waals surface area contributed by atoms with E-state index >= 15 is 0 Å². The first-order valence-electron chi connectivity index (χ1n) is 5.20. The number of aromatic nitrogens is 2. The van der Waals surface area contributed by atoms with E-state index in [0.717, 1.165) is 22.5 Å². The molecule has 1 aliphatic heterocycles. The van der Waals surface area contributed by atoms with Crippen molar-refractivity contribution in [3.05, 3.63) is 24.0 Å². The predicted molar refractivity (Wildman–Crippen MR) is 64.9 cm³/mol. The second kappa shape index (κ2) is 3.45. The Labute approximate surface area is 92.5 Å². The van der Waals surface area contributed by atoms with Crippen molar-refractivity contribution in [1.29, 1.82) is 0 Å². The molecule has 0 spiro atoms. The second-order valence-electron chi connectivity index (χ2n) is 3.87. The second-order valence-corrected chi connectivity index (χ2v) is 5.18. The standard InChI is InChI=1S/C11H13N3S/c12-7-3-1-4-8-10(7)14-11(13-8)9-5-2-6-15-9/h1,3-4,9H,2,5-6,12H2,(H,13,14). The van der Waals surface area contributed by atoms with Crippen LogP contribution in [0.5, 0.6) is 0 Å². The zero-order valence-electron chi connectivity index (χ0n) is 8.36. The Morgan fingerprint density at radius 2 is 2.40 bits per heavy atom. The van der Waals surface area contributed by atoms with Crippen LogP contribution in [0.25, 0.3) is 11.0 Å². The van der Waals surface area contributed by atoms with Crippen LogP contribution in [0, 0.1) is 0 Å². The number of hydrogen-bond donors (Lipinski definition) is 2. The van der Waals surface area contributed by atoms with Gasteiger partial charge in [0.1, 0.15) is 11.3 Å². The first-order chi connectivity index (χ1) is 7.34. The lowest BCUT2D eigenvalue weighted by atomic mass is 10.2. The third-order valence-corrected chi connectivity index (χ3v) is 4.18. The predicted octanol–water partition coefficient (Wildman–Crippen LogP) is 2.71. The number of para-hydroxylation sites is 1. The fraction of sp³-hybridized carbons (Fsp3) is 0.364. The molecule has 3 rings (SSSR count). The Bertz CT molecular complexity index is 486. The third kappa shape index (κ3) is 1.49. The van der Waals surface area contributed by atoms with Gasteiger partial charge in [0.15, 0.2) is 0 Å². The summed E-state index contributed by atoms with van der Waals surface area (Å²) in [5, 5.41) is 0.539. The minimum atomic E-state index is 0.539. The largest absolute Gasteiger partial charge is 0.397 e. The molecule has 4 heteroatoms. The van der Waals surface area contributed by atoms with Gasteiger partial charge in [0.25, 0.3) is 0 Å². The van der Waals surface area contributed by atoms with Crippen LogP contribution >= 0.6 is 11.8 Å². The molecule has 0 saturated carbocycles. The van der Waals surface area contributed by atoms with Gasteiger partial charge < -0.3 is 10.7 Å². The van der Waals surface area contributed by atoms with Crippen LogP contribution in [0.4, 0.5) is 5.69 Å². The van der Waals surface area contributed by atoms with Gasteiger partial charge >= 0.3 is 0 Å². The quantitative estimate of drug-likeness (QED) is 0.725. The first-order valence-corrected chi connectivity index (χ1v) is 6.25. The van der Waals surface area contributed by atoms with Crippen molar-refractivity contribution in [1.82, 2.24) is 9.97 Å². The highest BCUT2D eigenvalue weighted by atomic mass is 32.2. The van der Waals surface area contributed by atoms with Crippen molar-refractivity contribution in [3.63, 3.8) is 0 Å². The highest BCUT2D eigenvalue weighted by molar-refractivity contribution is 7.99. The van der Waals surface area contributed by atoms with Gasteiger partial charge in [-0.25, -0.2) is 4.98 Å². The Morgan fingerprint density at radius 1 is 1.47 bits per heavy atom. The van der Waals surface area contributed by atoms with Crippen LogP contribution in [-0.4, -0.2) is 15.7 Å². The smallest absolute Gasteiger partial charge is 0.120 e. The van der Waals surface area contributed by atoms with Gasteiger partial charge in [0.2, 0.25) is 0 Å². The number of aromatic amines is 1. The lowest BCUT2D eigenvalue weighted by Gasteiger charge is -2.02. The summed E-state index contributed by atoms with van der Waals surface area (Å²) in [6.45, 7) is 0. The zero-order valence-corrected chi connectivity index (χ0v) is 9.18. The van der Waals surface area contributed by atoms with E-state index in [2.05, 4.69) is 9.97 Å². The number of nitrogens with two attached hydrogens (primary N) is 1. The normalized spacial score (nSPS) is 21.2. The molecule has 1 fully saturated rings. The van der Waals surface area contributed by atoms with E-state index in [9.17, 15) is 0 Å². The number of H-pyrrole nitrogens is 1. The lowest BCUT2D eigenvalue weighted by molar-refractivity contribution is 0.793. The molecule has 0 amide bonds. The van der Waals surface area contributed by atoms with Crippen molar-refractivity contribution in [3.8, 4) is 0 Å². The maximum Gasteiger partial charge on any atom is 0.120 e. The number of imidazole rings is 1. The number of hydrogen-bond acceptors (Lipinski definition) is 3. The molecule has 15 heavy (non-hydrogen) atoms. The van der Waals surface area contributed by atoms with Gasteiger partial charge in [0.05, 0.1) is 16.5 Å². The number of nitrogens with one attached hydrogen (secondary N) is 1. The Morgan fingerprint density at radius 3 is 3.13 bits per heavy atom. The van der Waals surface area contributed by atoms with E-state index in [-0.39, 0.29) is 0 Å². The summed E-state index contributed by atoms with van der Waals surface area (Å²) in [5.41, 5.74) is 8.61. The first kappa shape index (κ1) is 9.09. The molecular weight excluding hydrogens is 206 g/mol. The highest BCUT2D eigenvalue weighted by Gasteiger charge is 2.21. The van der Waals surface area contributed by atoms with E-state index < -0.39 is 0 Å². The summed E-state index contributed by atoms with van der Waals surface area (Å²) in [4.78, 5) is 7.96. The molecule has 1 aliphatic rings. The lowest BCUT2D eigenvalue weighted by Crippen LogP contribution is -1.91. The Hall–Kier alpha value is -1.16. The van der Waals surface area contributed by atoms with Crippen LogP contribution in [0.15, 0.2) is 18.2 Å². The van der Waals surface area contributed by atoms with Crippen LogP contribution in [0.1, 0.15) is 23.9 Å². The minimum absolute atomic E-state index is 0.539. The van der Waals surface area contributed by atoms with Crippen LogP contribution in [0.2, 0.25) is 0 Å². The van der Waals surface area contributed by atoms with E-state index in [4.69, 9.17) is 5.73 Å². The Kier molecular flexibility index (Phi) is 2.09. The van der Waals surface area contributed by atoms with Crippen molar-refractivity contribution >= 4 is 28.5 Å². The van der Waals surface area contributed by atoms with E-state index in [1.54, 1.807) is 0 Å². The summed E-state index contributed by atoms with van der Waals surface area (Å²) in [6, 6.07) is 5.89. The fourth-order valence-corrected chi connectivity index (χ4v) is 3.24. The molecule has 1 aromatic heterocycles. The molecular formula is C11H13N3S. The molecule has 1 atom stereocenters. The molecule has 1 saturated heterocycles. The fourth-order valence-electron chi connectivity index (χ4n) is 2.02. The van der Waals surface area contributed by atoms with Crippen LogP contribution in [0.3, 0.4) is 0 Å². The number of rotatable bonds is 1. The highest BCUT2D eigenvalue weighted by Crippen LogP contribution is 2.39. The summed E-state index contributed by atoms with van der Waals surface area (Å²) in [7, 11) is 0. The summed E-state index contributed by atoms with van der Waals surface area (Å²) in [6.07, 6.45) is 2.52. The number of nitrogen functional groups attached to an aromatic ring is 1. The van der Waals surface area contributed by atoms with E-state index in [1.165, 1.54) is 18.6 Å². The molecule has 0 bridgehead atoms. The van der Waals surface area contributed by atoms with Gasteiger partial charge in [-0.1, -0.05) is 6.07 Å². The number of benzene rings is 1.